The number of nitrogens with zero attached hydrogens (tertiary/aromatic N) is 6. The van der Waals surface area contributed by atoms with E-state index in [1.165, 1.54) is 6.20 Å². The van der Waals surface area contributed by atoms with E-state index in [-0.39, 0.29) is 12.7 Å². The van der Waals surface area contributed by atoms with E-state index in [9.17, 15) is 10.4 Å². The van der Waals surface area contributed by atoms with Crippen LogP contribution in [-0.2, 0) is 0 Å². The van der Waals surface area contributed by atoms with E-state index in [1.54, 1.807) is 49.9 Å². The van der Waals surface area contributed by atoms with E-state index in [1.807, 2.05) is 24.3 Å². The van der Waals surface area contributed by atoms with Crippen LogP contribution >= 0.6 is 0 Å². The van der Waals surface area contributed by atoms with Crippen LogP contribution in [0.2, 0.25) is 0 Å². The molecule has 5 heterocycles. The van der Waals surface area contributed by atoms with Crippen LogP contribution < -0.4 is 19.1 Å². The fourth-order valence-corrected chi connectivity index (χ4v) is 3.90. The Balaban J connectivity index is 1.32. The van der Waals surface area contributed by atoms with Gasteiger partial charge in [-0.1, -0.05) is 0 Å². The summed E-state index contributed by atoms with van der Waals surface area (Å²) < 4.78 is 18.6. The van der Waals surface area contributed by atoms with Crippen LogP contribution in [0.1, 0.15) is 19.5 Å². The van der Waals surface area contributed by atoms with Gasteiger partial charge in [0.1, 0.15) is 47.4 Å². The van der Waals surface area contributed by atoms with Crippen molar-refractivity contribution in [2.24, 2.45) is 0 Å². The van der Waals surface area contributed by atoms with E-state index in [4.69, 9.17) is 14.2 Å². The summed E-state index contributed by atoms with van der Waals surface area (Å²) >= 11 is 0. The quantitative estimate of drug-likeness (QED) is 0.401. The van der Waals surface area contributed by atoms with Crippen molar-refractivity contribution in [2.45, 2.75) is 25.6 Å². The first kappa shape index (κ1) is 23.4. The van der Waals surface area contributed by atoms with Crippen molar-refractivity contribution in [1.82, 2.24) is 19.4 Å². The predicted octanol–water partition coefficient (Wildman–Crippen LogP) is 3.09. The van der Waals surface area contributed by atoms with Crippen LogP contribution in [-0.4, -0.2) is 63.0 Å². The Hall–Kier alpha value is -4.36. The van der Waals surface area contributed by atoms with Gasteiger partial charge in [-0.05, 0) is 32.0 Å². The van der Waals surface area contributed by atoms with Gasteiger partial charge < -0.3 is 24.2 Å². The first-order valence-corrected chi connectivity index (χ1v) is 11.5. The molecule has 1 aliphatic rings. The number of pyridine rings is 3. The molecule has 0 amide bonds. The number of aliphatic hydroxyl groups is 1. The Morgan fingerprint density at radius 1 is 1.06 bits per heavy atom. The number of hydrogen-bond acceptors (Lipinski definition) is 9. The van der Waals surface area contributed by atoms with Gasteiger partial charge in [-0.25, -0.2) is 15.0 Å². The van der Waals surface area contributed by atoms with Crippen molar-refractivity contribution in [3.05, 3.63) is 60.7 Å². The zero-order valence-corrected chi connectivity index (χ0v) is 20.3. The zero-order valence-electron chi connectivity index (χ0n) is 20.3. The van der Waals surface area contributed by atoms with Gasteiger partial charge in [-0.15, -0.1) is 0 Å². The lowest BCUT2D eigenvalue weighted by molar-refractivity contribution is 0.0285. The van der Waals surface area contributed by atoms with E-state index in [0.717, 1.165) is 17.1 Å². The second-order valence-corrected chi connectivity index (χ2v) is 9.21. The van der Waals surface area contributed by atoms with Crippen LogP contribution in [0.15, 0.2) is 55.0 Å². The molecule has 4 aromatic heterocycles. The monoisotopic (exact) mass is 486 g/mol. The average molecular weight is 487 g/mol. The standard InChI is InChI=1S/C26H26N6O4/c1-26(2,33)16-35-20-8-22(32-18(10-27)12-29-24(32)9-20)17-4-6-23(28-11-17)31-14-21(15-31)36-19-5-7-25(34-3)30-13-19/h4-9,11-13,21,33H,14-16H2,1-3H3. The van der Waals surface area contributed by atoms with Gasteiger partial charge in [0, 0.05) is 30.0 Å². The predicted molar refractivity (Wildman–Crippen MR) is 132 cm³/mol. The third kappa shape index (κ3) is 4.87. The highest BCUT2D eigenvalue weighted by molar-refractivity contribution is 5.68. The number of fused-ring (bicyclic) bond motifs is 1. The molecule has 0 aromatic carbocycles. The average Bonchev–Trinajstić information content (AvgIpc) is 3.27. The van der Waals surface area contributed by atoms with Crippen molar-refractivity contribution >= 4 is 11.5 Å². The van der Waals surface area contributed by atoms with E-state index >= 15 is 0 Å². The summed E-state index contributed by atoms with van der Waals surface area (Å²) in [6, 6.07) is 13.3. The van der Waals surface area contributed by atoms with Crippen molar-refractivity contribution in [3.8, 4) is 34.7 Å². The van der Waals surface area contributed by atoms with Crippen LogP contribution in [0.25, 0.3) is 16.9 Å². The highest BCUT2D eigenvalue weighted by Crippen LogP contribution is 2.30. The summed E-state index contributed by atoms with van der Waals surface area (Å²) in [5.74, 6) is 2.64. The molecule has 4 aromatic rings. The summed E-state index contributed by atoms with van der Waals surface area (Å²) in [7, 11) is 1.58. The number of imidazole rings is 1. The smallest absolute Gasteiger partial charge is 0.213 e. The second kappa shape index (κ2) is 9.36. The highest BCUT2D eigenvalue weighted by atomic mass is 16.5. The van der Waals surface area contributed by atoms with E-state index in [2.05, 4.69) is 25.9 Å². The number of rotatable bonds is 8. The molecule has 10 nitrogen and oxygen atoms in total. The summed E-state index contributed by atoms with van der Waals surface area (Å²) in [6.07, 6.45) is 5.00. The molecule has 36 heavy (non-hydrogen) atoms. The number of nitriles is 1. The Kier molecular flexibility index (Phi) is 6.08. The largest absolute Gasteiger partial charge is 0.490 e. The minimum atomic E-state index is -0.981. The van der Waals surface area contributed by atoms with Crippen LogP contribution in [0, 0.1) is 11.3 Å². The lowest BCUT2D eigenvalue weighted by atomic mass is 10.1. The lowest BCUT2D eigenvalue weighted by Gasteiger charge is -2.39. The molecule has 184 valence electrons. The molecule has 0 atom stereocenters. The normalized spacial score (nSPS) is 13.8. The summed E-state index contributed by atoms with van der Waals surface area (Å²) in [5, 5.41) is 19.6. The maximum Gasteiger partial charge on any atom is 0.213 e. The Morgan fingerprint density at radius 3 is 2.53 bits per heavy atom. The molecule has 0 bridgehead atoms. The zero-order chi connectivity index (χ0) is 25.3. The van der Waals surface area contributed by atoms with Crippen molar-refractivity contribution < 1.29 is 19.3 Å². The number of methoxy groups -OCH3 is 1. The Morgan fingerprint density at radius 2 is 1.89 bits per heavy atom. The number of hydrogen-bond donors (Lipinski definition) is 1. The first-order valence-electron chi connectivity index (χ1n) is 11.5. The minimum Gasteiger partial charge on any atom is -0.490 e. The molecular weight excluding hydrogens is 460 g/mol. The summed E-state index contributed by atoms with van der Waals surface area (Å²) in [4.78, 5) is 15.3. The van der Waals surface area contributed by atoms with Crippen molar-refractivity contribution in [2.75, 3.05) is 31.7 Å². The summed E-state index contributed by atoms with van der Waals surface area (Å²) in [6.45, 7) is 4.90. The van der Waals surface area contributed by atoms with Gasteiger partial charge in [0.15, 0.2) is 0 Å². The van der Waals surface area contributed by atoms with E-state index in [0.29, 0.717) is 41.8 Å². The molecule has 1 aliphatic heterocycles. The second-order valence-electron chi connectivity index (χ2n) is 9.21. The van der Waals surface area contributed by atoms with Gasteiger partial charge in [0.05, 0.1) is 43.9 Å². The molecule has 1 N–H and O–H groups in total. The molecule has 0 unspecified atom stereocenters. The molecule has 10 heteroatoms. The fourth-order valence-electron chi connectivity index (χ4n) is 3.90. The molecule has 5 rings (SSSR count). The Bertz CT molecular complexity index is 1400. The molecule has 0 radical (unpaired) electrons. The number of anilines is 1. The highest BCUT2D eigenvalue weighted by Gasteiger charge is 2.29. The molecular formula is C26H26N6O4. The molecule has 1 saturated heterocycles. The molecule has 0 spiro atoms. The maximum atomic E-state index is 10.0. The lowest BCUT2D eigenvalue weighted by Crippen LogP contribution is -2.54. The number of aromatic nitrogens is 4. The fraction of sp³-hybridized carbons (Fsp3) is 0.308. The minimum absolute atomic E-state index is 0.0510. The SMILES string of the molecule is COc1ccc(OC2CN(c3ccc(-c4cc(OCC(C)(C)O)cc5ncc(C#N)n45)cn3)C2)cn1. The van der Waals surface area contributed by atoms with Crippen LogP contribution in [0.3, 0.4) is 0 Å². The summed E-state index contributed by atoms with van der Waals surface area (Å²) in [5.41, 5.74) is 1.54. The topological polar surface area (TPSA) is 118 Å². The third-order valence-corrected chi connectivity index (χ3v) is 5.72. The molecule has 0 aliphatic carbocycles. The van der Waals surface area contributed by atoms with Gasteiger partial charge in [-0.2, -0.15) is 5.26 Å². The van der Waals surface area contributed by atoms with Crippen molar-refractivity contribution in [1.29, 1.82) is 5.26 Å². The van der Waals surface area contributed by atoms with Crippen LogP contribution in [0.4, 0.5) is 5.82 Å². The number of ether oxygens (including phenoxy) is 3. The van der Waals surface area contributed by atoms with Gasteiger partial charge in [0.2, 0.25) is 5.88 Å². The molecule has 1 fully saturated rings. The molecule has 0 saturated carbocycles. The van der Waals surface area contributed by atoms with Gasteiger partial charge in [-0.3, -0.25) is 4.40 Å². The first-order chi connectivity index (χ1) is 17.3. The van der Waals surface area contributed by atoms with Crippen LogP contribution in [0.5, 0.6) is 17.4 Å². The van der Waals surface area contributed by atoms with Crippen molar-refractivity contribution in [3.63, 3.8) is 0 Å². The van der Waals surface area contributed by atoms with Gasteiger partial charge >= 0.3 is 0 Å². The maximum absolute atomic E-state index is 10.0. The Labute approximate surface area is 208 Å². The van der Waals surface area contributed by atoms with E-state index < -0.39 is 5.60 Å². The van der Waals surface area contributed by atoms with Gasteiger partial charge in [0.25, 0.3) is 0 Å². The third-order valence-electron chi connectivity index (χ3n) is 5.72.